The van der Waals surface area contributed by atoms with Crippen molar-refractivity contribution < 1.29 is 13.9 Å². The Morgan fingerprint density at radius 3 is 2.38 bits per heavy atom. The van der Waals surface area contributed by atoms with E-state index in [9.17, 15) is 4.79 Å². The van der Waals surface area contributed by atoms with Crippen LogP contribution in [0.25, 0.3) is 22.7 Å². The molecule has 0 bridgehead atoms. The molecule has 0 N–H and O–H groups in total. The highest BCUT2D eigenvalue weighted by molar-refractivity contribution is 5.85. The molecule has 0 radical (unpaired) electrons. The summed E-state index contributed by atoms with van der Waals surface area (Å²) in [6.07, 6.45) is 4.32. The maximum Gasteiger partial charge on any atom is 0.226 e. The lowest BCUT2D eigenvalue weighted by Crippen LogP contribution is -2.02. The van der Waals surface area contributed by atoms with Gasteiger partial charge in [-0.15, -0.1) is 0 Å². The molecule has 34 heavy (non-hydrogen) atoms. The van der Waals surface area contributed by atoms with Crippen molar-refractivity contribution in [3.05, 3.63) is 108 Å². The van der Waals surface area contributed by atoms with E-state index in [-0.39, 0.29) is 6.61 Å². The van der Waals surface area contributed by atoms with Gasteiger partial charge in [0, 0.05) is 29.6 Å². The normalized spacial score (nSPS) is 10.9. The van der Waals surface area contributed by atoms with E-state index < -0.39 is 0 Å². The molecule has 3 heterocycles. The Morgan fingerprint density at radius 1 is 0.971 bits per heavy atom. The number of hydrogen-bond donors (Lipinski definition) is 0. The number of ether oxygens (including phenoxy) is 1. The zero-order chi connectivity index (χ0) is 23.3. The predicted molar refractivity (Wildman–Crippen MR) is 127 cm³/mol. The Kier molecular flexibility index (Phi) is 5.99. The summed E-state index contributed by atoms with van der Waals surface area (Å²) < 4.78 is 13.3. The van der Waals surface area contributed by atoms with Gasteiger partial charge in [-0.3, -0.25) is 9.48 Å². The zero-order valence-corrected chi connectivity index (χ0v) is 18.6. The maximum absolute atomic E-state index is 11.5. The van der Waals surface area contributed by atoms with Crippen molar-refractivity contribution in [3.63, 3.8) is 0 Å². The largest absolute Gasteiger partial charge is 0.471 e. The molecule has 0 saturated heterocycles. The van der Waals surface area contributed by atoms with Crippen LogP contribution in [0, 0.1) is 6.92 Å². The van der Waals surface area contributed by atoms with Crippen LogP contribution in [0.1, 0.15) is 27.4 Å². The first-order valence-corrected chi connectivity index (χ1v) is 10.9. The molecule has 0 amide bonds. The van der Waals surface area contributed by atoms with Crippen LogP contribution in [0.15, 0.2) is 89.6 Å². The second kappa shape index (κ2) is 9.54. The van der Waals surface area contributed by atoms with Crippen molar-refractivity contribution >= 4 is 6.29 Å². The summed E-state index contributed by atoms with van der Waals surface area (Å²) >= 11 is 0. The van der Waals surface area contributed by atoms with Crippen LogP contribution < -0.4 is 4.74 Å². The van der Waals surface area contributed by atoms with Crippen molar-refractivity contribution in [2.24, 2.45) is 0 Å². The first kappa shape index (κ1) is 21.3. The Balaban J connectivity index is 1.24. The molecule has 5 rings (SSSR count). The summed E-state index contributed by atoms with van der Waals surface area (Å²) in [6, 6.07) is 23.2. The van der Waals surface area contributed by atoms with Gasteiger partial charge in [0.1, 0.15) is 23.8 Å². The molecule has 3 aromatic heterocycles. The molecular weight excluding hydrogens is 428 g/mol. The topological polar surface area (TPSA) is 83.0 Å². The second-order valence-corrected chi connectivity index (χ2v) is 7.80. The summed E-state index contributed by atoms with van der Waals surface area (Å²) in [6.45, 7) is 2.62. The maximum atomic E-state index is 11.5. The Hall–Kier alpha value is -4.52. The number of oxazole rings is 1. The van der Waals surface area contributed by atoms with Crippen molar-refractivity contribution in [3.8, 4) is 28.6 Å². The molecule has 2 aromatic carbocycles. The molecule has 0 saturated carbocycles. The number of benzene rings is 2. The summed E-state index contributed by atoms with van der Waals surface area (Å²) in [5.41, 5.74) is 4.72. The number of nitrogens with zero attached hydrogens (tertiary/aromatic N) is 4. The van der Waals surface area contributed by atoms with E-state index in [2.05, 4.69) is 15.1 Å². The fourth-order valence-electron chi connectivity index (χ4n) is 3.61. The molecule has 168 valence electrons. The van der Waals surface area contributed by atoms with Crippen LogP contribution in [0.5, 0.6) is 5.88 Å². The van der Waals surface area contributed by atoms with Gasteiger partial charge in [-0.1, -0.05) is 54.6 Å². The lowest BCUT2D eigenvalue weighted by Gasteiger charge is -2.05. The van der Waals surface area contributed by atoms with Gasteiger partial charge in [0.15, 0.2) is 6.29 Å². The van der Waals surface area contributed by atoms with E-state index in [4.69, 9.17) is 9.15 Å². The third-order valence-corrected chi connectivity index (χ3v) is 5.38. The molecule has 0 atom stereocenters. The second-order valence-electron chi connectivity index (χ2n) is 7.80. The molecular formula is C27H22N4O3. The summed E-state index contributed by atoms with van der Waals surface area (Å²) in [5.74, 6) is 1.78. The standard InChI is InChI=1S/C27H22N4O3/c1-19-24(29-27(34-19)22-10-6-3-7-11-22)18-33-25-13-12-20(14-28-25)15-31-16-23(17-32)26(30-31)21-8-4-2-5-9-21/h2-14,16-17H,15,18H2,1H3. The number of aryl methyl sites for hydroxylation is 1. The van der Waals surface area contributed by atoms with Crippen molar-refractivity contribution in [2.75, 3.05) is 0 Å². The van der Waals surface area contributed by atoms with Crippen LogP contribution in [0.2, 0.25) is 0 Å². The van der Waals surface area contributed by atoms with E-state index in [1.165, 1.54) is 0 Å². The average molecular weight is 450 g/mol. The minimum absolute atomic E-state index is 0.261. The molecule has 0 fully saturated rings. The molecule has 0 spiro atoms. The molecule has 5 aromatic rings. The van der Waals surface area contributed by atoms with Gasteiger partial charge >= 0.3 is 0 Å². The van der Waals surface area contributed by atoms with Crippen LogP contribution in [-0.4, -0.2) is 26.0 Å². The van der Waals surface area contributed by atoms with Crippen LogP contribution in [0.3, 0.4) is 0 Å². The minimum Gasteiger partial charge on any atom is -0.471 e. The minimum atomic E-state index is 0.261. The van der Waals surface area contributed by atoms with Gasteiger partial charge in [-0.25, -0.2) is 9.97 Å². The lowest BCUT2D eigenvalue weighted by molar-refractivity contribution is 0.112. The highest BCUT2D eigenvalue weighted by Crippen LogP contribution is 2.23. The third-order valence-electron chi connectivity index (χ3n) is 5.38. The number of pyridine rings is 1. The number of rotatable bonds is 8. The molecule has 0 aliphatic heterocycles. The van der Waals surface area contributed by atoms with Crippen molar-refractivity contribution in [2.45, 2.75) is 20.1 Å². The highest BCUT2D eigenvalue weighted by Gasteiger charge is 2.13. The highest BCUT2D eigenvalue weighted by atomic mass is 16.5. The fourth-order valence-corrected chi connectivity index (χ4v) is 3.61. The first-order chi connectivity index (χ1) is 16.7. The number of aromatic nitrogens is 4. The third kappa shape index (κ3) is 4.63. The molecule has 7 heteroatoms. The monoisotopic (exact) mass is 450 g/mol. The predicted octanol–water partition coefficient (Wildman–Crippen LogP) is 5.35. The van der Waals surface area contributed by atoms with E-state index in [1.807, 2.05) is 79.7 Å². The number of hydrogen-bond acceptors (Lipinski definition) is 6. The zero-order valence-electron chi connectivity index (χ0n) is 18.6. The van der Waals surface area contributed by atoms with Gasteiger partial charge in [-0.05, 0) is 24.6 Å². The lowest BCUT2D eigenvalue weighted by atomic mass is 10.1. The van der Waals surface area contributed by atoms with Crippen molar-refractivity contribution in [1.29, 1.82) is 0 Å². The molecule has 0 aliphatic carbocycles. The smallest absolute Gasteiger partial charge is 0.226 e. The molecule has 7 nitrogen and oxygen atoms in total. The van der Waals surface area contributed by atoms with Gasteiger partial charge in [0.25, 0.3) is 0 Å². The van der Waals surface area contributed by atoms with E-state index in [0.717, 1.165) is 28.7 Å². The average Bonchev–Trinajstić information content (AvgIpc) is 3.47. The molecule has 0 unspecified atom stereocenters. The SMILES string of the molecule is Cc1oc(-c2ccccc2)nc1COc1ccc(Cn2cc(C=O)c(-c3ccccc3)n2)cn1. The van der Waals surface area contributed by atoms with Gasteiger partial charge < -0.3 is 9.15 Å². The van der Waals surface area contributed by atoms with Crippen molar-refractivity contribution in [1.82, 2.24) is 19.7 Å². The fraction of sp³-hybridized carbons (Fsp3) is 0.111. The van der Waals surface area contributed by atoms with E-state index >= 15 is 0 Å². The van der Waals surface area contributed by atoms with Gasteiger partial charge in [0.2, 0.25) is 11.8 Å². The van der Waals surface area contributed by atoms with Crippen LogP contribution in [-0.2, 0) is 13.2 Å². The number of carbonyl (C=O) groups excluding carboxylic acids is 1. The Morgan fingerprint density at radius 2 is 1.71 bits per heavy atom. The van der Waals surface area contributed by atoms with E-state index in [0.29, 0.717) is 35.3 Å². The number of carbonyl (C=O) groups is 1. The van der Waals surface area contributed by atoms with Crippen LogP contribution in [0.4, 0.5) is 0 Å². The summed E-state index contributed by atoms with van der Waals surface area (Å²) in [7, 11) is 0. The quantitative estimate of drug-likeness (QED) is 0.297. The Bertz CT molecular complexity index is 1390. The van der Waals surface area contributed by atoms with Gasteiger partial charge in [-0.2, -0.15) is 5.10 Å². The first-order valence-electron chi connectivity index (χ1n) is 10.9. The summed E-state index contributed by atoms with van der Waals surface area (Å²) in [5, 5.41) is 4.59. The van der Waals surface area contributed by atoms with E-state index in [1.54, 1.807) is 17.1 Å². The summed E-state index contributed by atoms with van der Waals surface area (Å²) in [4.78, 5) is 20.5. The number of aldehydes is 1. The Labute approximate surface area is 196 Å². The van der Waals surface area contributed by atoms with Crippen LogP contribution >= 0.6 is 0 Å². The van der Waals surface area contributed by atoms with Gasteiger partial charge in [0.05, 0.1) is 12.1 Å². The molecule has 0 aliphatic rings.